The fraction of sp³-hybridized carbons (Fsp3) is 0.294. The molecule has 114 valence electrons. The summed E-state index contributed by atoms with van der Waals surface area (Å²) in [5.41, 5.74) is 1.98. The van der Waals surface area contributed by atoms with Crippen molar-refractivity contribution in [1.29, 1.82) is 0 Å². The maximum absolute atomic E-state index is 12.9. The van der Waals surface area contributed by atoms with E-state index in [1.807, 2.05) is 50.3 Å². The molecule has 22 heavy (non-hydrogen) atoms. The van der Waals surface area contributed by atoms with E-state index in [0.717, 1.165) is 22.8 Å². The zero-order valence-electron chi connectivity index (χ0n) is 13.0. The average molecular weight is 313 g/mol. The van der Waals surface area contributed by atoms with Crippen molar-refractivity contribution in [2.45, 2.75) is 10.8 Å². The number of pyridine rings is 1. The molecule has 1 amide bonds. The maximum Gasteiger partial charge on any atom is 0.235 e. The van der Waals surface area contributed by atoms with Gasteiger partial charge in [0.2, 0.25) is 5.91 Å². The van der Waals surface area contributed by atoms with Gasteiger partial charge in [-0.05, 0) is 23.8 Å². The molecule has 0 unspecified atom stereocenters. The van der Waals surface area contributed by atoms with Crippen LogP contribution < -0.4 is 9.80 Å². The fourth-order valence-electron chi connectivity index (χ4n) is 2.71. The van der Waals surface area contributed by atoms with E-state index in [1.54, 1.807) is 22.9 Å². The summed E-state index contributed by atoms with van der Waals surface area (Å²) in [4.78, 5) is 22.2. The molecule has 0 bridgehead atoms. The van der Waals surface area contributed by atoms with Crippen molar-refractivity contribution in [2.24, 2.45) is 0 Å². The van der Waals surface area contributed by atoms with Gasteiger partial charge in [-0.3, -0.25) is 4.79 Å². The van der Waals surface area contributed by atoms with Crippen LogP contribution in [0.4, 0.5) is 11.5 Å². The highest BCUT2D eigenvalue weighted by Gasteiger charge is 2.32. The molecule has 1 aliphatic rings. The van der Waals surface area contributed by atoms with E-state index < -0.39 is 0 Å². The van der Waals surface area contributed by atoms with Crippen molar-refractivity contribution in [3.8, 4) is 0 Å². The van der Waals surface area contributed by atoms with Gasteiger partial charge in [0, 0.05) is 38.0 Å². The van der Waals surface area contributed by atoms with Gasteiger partial charge in [-0.25, -0.2) is 4.98 Å². The van der Waals surface area contributed by atoms with E-state index in [9.17, 15) is 4.79 Å². The molecule has 4 nitrogen and oxygen atoms in total. The molecule has 5 heteroatoms. The third-order valence-corrected chi connectivity index (χ3v) is 5.06. The Balaban J connectivity index is 1.91. The van der Waals surface area contributed by atoms with Gasteiger partial charge in [-0.2, -0.15) is 0 Å². The Morgan fingerprint density at radius 2 is 1.95 bits per heavy atom. The maximum atomic E-state index is 12.9. The minimum atomic E-state index is -0.0820. The first-order valence-corrected chi connectivity index (χ1v) is 8.20. The number of likely N-dealkylation sites (N-methyl/N-ethyl adjacent to an activating group) is 1. The zero-order chi connectivity index (χ0) is 15.7. The molecule has 1 aromatic carbocycles. The van der Waals surface area contributed by atoms with Crippen LogP contribution >= 0.6 is 11.8 Å². The van der Waals surface area contributed by atoms with Gasteiger partial charge in [0.05, 0.1) is 11.6 Å². The molecule has 1 aliphatic heterocycles. The number of nitrogens with zero attached hydrogens (tertiary/aromatic N) is 3. The number of benzene rings is 1. The Bertz CT molecular complexity index is 702. The number of amides is 1. The molecule has 0 saturated heterocycles. The van der Waals surface area contributed by atoms with Crippen molar-refractivity contribution in [1.82, 2.24) is 4.98 Å². The van der Waals surface area contributed by atoms with Crippen LogP contribution in [0.1, 0.15) is 11.5 Å². The predicted molar refractivity (Wildman–Crippen MR) is 91.9 cm³/mol. The van der Waals surface area contributed by atoms with Crippen LogP contribution in [0.5, 0.6) is 0 Å². The standard InChI is InChI=1S/C17H19N3OS/c1-19(2)16-14(8-6-10-18-16)20(3)17(21)13-11-22-15-9-5-4-7-12(13)15/h4-10,13H,11H2,1-3H3/t13-/m0/s1. The highest BCUT2D eigenvalue weighted by molar-refractivity contribution is 7.99. The van der Waals surface area contributed by atoms with Gasteiger partial charge < -0.3 is 9.80 Å². The number of aromatic nitrogens is 1. The Morgan fingerprint density at radius 3 is 2.73 bits per heavy atom. The molecule has 3 rings (SSSR count). The summed E-state index contributed by atoms with van der Waals surface area (Å²) in [7, 11) is 5.70. The van der Waals surface area contributed by atoms with Crippen LogP contribution in [0, 0.1) is 0 Å². The Hall–Kier alpha value is -2.01. The fourth-order valence-corrected chi connectivity index (χ4v) is 3.93. The van der Waals surface area contributed by atoms with E-state index >= 15 is 0 Å². The molecule has 0 spiro atoms. The van der Waals surface area contributed by atoms with Gasteiger partial charge in [-0.15, -0.1) is 11.8 Å². The van der Waals surface area contributed by atoms with Gasteiger partial charge in [0.25, 0.3) is 0 Å². The van der Waals surface area contributed by atoms with Crippen LogP contribution in [0.25, 0.3) is 0 Å². The van der Waals surface area contributed by atoms with Crippen LogP contribution in [0.2, 0.25) is 0 Å². The van der Waals surface area contributed by atoms with E-state index in [1.165, 1.54) is 4.90 Å². The molecule has 0 aliphatic carbocycles. The number of anilines is 2. The second-order valence-electron chi connectivity index (χ2n) is 5.54. The summed E-state index contributed by atoms with van der Waals surface area (Å²) in [6, 6.07) is 12.0. The molecule has 0 fully saturated rings. The summed E-state index contributed by atoms with van der Waals surface area (Å²) in [6.45, 7) is 0. The van der Waals surface area contributed by atoms with Crippen molar-refractivity contribution < 1.29 is 4.79 Å². The molecule has 2 aromatic rings. The highest BCUT2D eigenvalue weighted by Crippen LogP contribution is 2.41. The summed E-state index contributed by atoms with van der Waals surface area (Å²) < 4.78 is 0. The van der Waals surface area contributed by atoms with E-state index in [-0.39, 0.29) is 11.8 Å². The number of hydrogen-bond donors (Lipinski definition) is 0. The summed E-state index contributed by atoms with van der Waals surface area (Å²) >= 11 is 1.75. The van der Waals surface area contributed by atoms with Crippen LogP contribution in [0.3, 0.4) is 0 Å². The Kier molecular flexibility index (Phi) is 4.07. The quantitative estimate of drug-likeness (QED) is 0.873. The average Bonchev–Trinajstić information content (AvgIpc) is 2.97. The first-order valence-electron chi connectivity index (χ1n) is 7.21. The number of carbonyl (C=O) groups excluding carboxylic acids is 1. The molecule has 2 heterocycles. The van der Waals surface area contributed by atoms with E-state index in [2.05, 4.69) is 17.1 Å². The van der Waals surface area contributed by atoms with Crippen molar-refractivity contribution in [3.05, 3.63) is 48.2 Å². The van der Waals surface area contributed by atoms with Crippen LogP contribution in [0.15, 0.2) is 47.5 Å². The number of thioether (sulfide) groups is 1. The van der Waals surface area contributed by atoms with E-state index in [0.29, 0.717) is 0 Å². The van der Waals surface area contributed by atoms with Gasteiger partial charge in [-0.1, -0.05) is 18.2 Å². The first kappa shape index (κ1) is 14.9. The topological polar surface area (TPSA) is 36.4 Å². The lowest BCUT2D eigenvalue weighted by atomic mass is 10.00. The van der Waals surface area contributed by atoms with Crippen LogP contribution in [-0.4, -0.2) is 37.8 Å². The first-order chi connectivity index (χ1) is 10.6. The van der Waals surface area contributed by atoms with Crippen LogP contribution in [-0.2, 0) is 4.79 Å². The summed E-state index contributed by atoms with van der Waals surface area (Å²) in [5, 5.41) is 0. The number of rotatable bonds is 3. The van der Waals surface area contributed by atoms with Crippen molar-refractivity contribution >= 4 is 29.2 Å². The molecule has 0 saturated carbocycles. The van der Waals surface area contributed by atoms with Gasteiger partial charge in [0.15, 0.2) is 5.82 Å². The van der Waals surface area contributed by atoms with Crippen molar-refractivity contribution in [2.75, 3.05) is 36.7 Å². The normalized spacial score (nSPS) is 16.2. The number of fused-ring (bicyclic) bond motifs is 1. The lowest BCUT2D eigenvalue weighted by molar-refractivity contribution is -0.119. The minimum absolute atomic E-state index is 0.0820. The predicted octanol–water partition coefficient (Wildman–Crippen LogP) is 3.00. The van der Waals surface area contributed by atoms with Gasteiger partial charge >= 0.3 is 0 Å². The SMILES string of the molecule is CN(C)c1ncccc1N(C)C(=O)[C@H]1CSc2ccccc21. The lowest BCUT2D eigenvalue weighted by Gasteiger charge is -2.25. The molecular formula is C17H19N3OS. The second kappa shape index (κ2) is 6.01. The third kappa shape index (κ3) is 2.57. The number of hydrogen-bond acceptors (Lipinski definition) is 4. The molecule has 1 aromatic heterocycles. The smallest absolute Gasteiger partial charge is 0.235 e. The monoisotopic (exact) mass is 313 g/mol. The largest absolute Gasteiger partial charge is 0.361 e. The Morgan fingerprint density at radius 1 is 1.18 bits per heavy atom. The Labute approximate surface area is 135 Å². The van der Waals surface area contributed by atoms with E-state index in [4.69, 9.17) is 0 Å². The summed E-state index contributed by atoms with van der Waals surface area (Å²) in [5.74, 6) is 1.65. The number of carbonyl (C=O) groups is 1. The minimum Gasteiger partial charge on any atom is -0.361 e. The van der Waals surface area contributed by atoms with Gasteiger partial charge in [0.1, 0.15) is 0 Å². The zero-order valence-corrected chi connectivity index (χ0v) is 13.8. The lowest BCUT2D eigenvalue weighted by Crippen LogP contribution is -2.33. The molecule has 0 radical (unpaired) electrons. The second-order valence-corrected chi connectivity index (χ2v) is 6.60. The molecule has 0 N–H and O–H groups in total. The third-order valence-electron chi connectivity index (χ3n) is 3.88. The molecular weight excluding hydrogens is 294 g/mol. The van der Waals surface area contributed by atoms with Crippen molar-refractivity contribution in [3.63, 3.8) is 0 Å². The molecule has 1 atom stereocenters. The summed E-state index contributed by atoms with van der Waals surface area (Å²) in [6.07, 6.45) is 1.75. The highest BCUT2D eigenvalue weighted by atomic mass is 32.2.